The van der Waals surface area contributed by atoms with Crippen LogP contribution in [-0.2, 0) is 12.8 Å². The second kappa shape index (κ2) is 6.02. The van der Waals surface area contributed by atoms with Crippen molar-refractivity contribution in [1.29, 1.82) is 0 Å². The molecule has 21 heavy (non-hydrogen) atoms. The van der Waals surface area contributed by atoms with Crippen LogP contribution in [0.3, 0.4) is 0 Å². The smallest absolute Gasteiger partial charge is 0.252 e. The van der Waals surface area contributed by atoms with E-state index in [2.05, 4.69) is 17.1 Å². The Morgan fingerprint density at radius 1 is 1.48 bits per heavy atom. The van der Waals surface area contributed by atoms with Crippen LogP contribution in [0.25, 0.3) is 0 Å². The van der Waals surface area contributed by atoms with Crippen LogP contribution in [0, 0.1) is 0 Å². The Balaban J connectivity index is 1.99. The number of amides is 1. The number of nitrogens with two attached hydrogens (primary N) is 1. The van der Waals surface area contributed by atoms with Gasteiger partial charge in [-0.1, -0.05) is 0 Å². The lowest BCUT2D eigenvalue weighted by Crippen LogP contribution is -2.47. The maximum absolute atomic E-state index is 11.9. The summed E-state index contributed by atoms with van der Waals surface area (Å²) >= 11 is 0. The van der Waals surface area contributed by atoms with Crippen molar-refractivity contribution < 1.29 is 4.79 Å². The maximum atomic E-state index is 11.9. The molecule has 0 saturated carbocycles. The molecule has 1 amide bonds. The number of carbonyl (C=O) groups excluding carboxylic acids is 1. The Kier molecular flexibility index (Phi) is 4.10. The summed E-state index contributed by atoms with van der Waals surface area (Å²) in [7, 11) is 0. The average Bonchev–Trinajstić information content (AvgIpc) is 2.95. The molecule has 2 aliphatic rings. The SMILES string of the molecule is CCN(c1nc2c(cc1C(N)=O)CCC2)C1CCCNC1. The molecule has 5 heteroatoms. The van der Waals surface area contributed by atoms with E-state index >= 15 is 0 Å². The number of carbonyl (C=O) groups is 1. The summed E-state index contributed by atoms with van der Waals surface area (Å²) in [6, 6.07) is 2.38. The number of hydrogen-bond donors (Lipinski definition) is 2. The Hall–Kier alpha value is -1.62. The van der Waals surface area contributed by atoms with Crippen molar-refractivity contribution in [2.24, 2.45) is 5.73 Å². The third kappa shape index (κ3) is 2.75. The van der Waals surface area contributed by atoms with E-state index in [4.69, 9.17) is 10.7 Å². The Morgan fingerprint density at radius 3 is 3.00 bits per heavy atom. The van der Waals surface area contributed by atoms with Gasteiger partial charge in [0, 0.05) is 24.8 Å². The predicted molar refractivity (Wildman–Crippen MR) is 83.7 cm³/mol. The zero-order valence-corrected chi connectivity index (χ0v) is 12.7. The van der Waals surface area contributed by atoms with Crippen molar-refractivity contribution in [3.63, 3.8) is 0 Å². The quantitative estimate of drug-likeness (QED) is 0.874. The maximum Gasteiger partial charge on any atom is 0.252 e. The van der Waals surface area contributed by atoms with Crippen molar-refractivity contribution in [3.05, 3.63) is 22.9 Å². The van der Waals surface area contributed by atoms with Crippen LogP contribution in [0.4, 0.5) is 5.82 Å². The van der Waals surface area contributed by atoms with Crippen LogP contribution < -0.4 is 16.0 Å². The highest BCUT2D eigenvalue weighted by Crippen LogP contribution is 2.29. The van der Waals surface area contributed by atoms with E-state index < -0.39 is 0 Å². The van der Waals surface area contributed by atoms with Gasteiger partial charge in [-0.3, -0.25) is 4.79 Å². The summed E-state index contributed by atoms with van der Waals surface area (Å²) in [6.45, 7) is 4.99. The number of likely N-dealkylation sites (N-methyl/N-ethyl adjacent to an activating group) is 1. The summed E-state index contributed by atoms with van der Waals surface area (Å²) in [5, 5.41) is 3.43. The molecule has 5 nitrogen and oxygen atoms in total. The fraction of sp³-hybridized carbons (Fsp3) is 0.625. The fourth-order valence-corrected chi connectivity index (χ4v) is 3.54. The highest BCUT2D eigenvalue weighted by molar-refractivity contribution is 5.98. The highest BCUT2D eigenvalue weighted by atomic mass is 16.1. The van der Waals surface area contributed by atoms with Crippen LogP contribution in [0.15, 0.2) is 6.07 Å². The van der Waals surface area contributed by atoms with Gasteiger partial charge in [-0.25, -0.2) is 4.98 Å². The number of nitrogens with zero attached hydrogens (tertiary/aromatic N) is 2. The molecule has 1 aliphatic carbocycles. The molecule has 0 spiro atoms. The van der Waals surface area contributed by atoms with E-state index in [1.807, 2.05) is 6.07 Å². The first-order chi connectivity index (χ1) is 10.2. The molecule has 1 saturated heterocycles. The van der Waals surface area contributed by atoms with Gasteiger partial charge in [0.2, 0.25) is 0 Å². The van der Waals surface area contributed by atoms with Gasteiger partial charge in [0.25, 0.3) is 5.91 Å². The summed E-state index contributed by atoms with van der Waals surface area (Å²) < 4.78 is 0. The van der Waals surface area contributed by atoms with Crippen molar-refractivity contribution in [2.45, 2.75) is 45.1 Å². The number of aryl methyl sites for hydroxylation is 2. The van der Waals surface area contributed by atoms with Crippen LogP contribution in [0.1, 0.15) is 47.8 Å². The van der Waals surface area contributed by atoms with Gasteiger partial charge in [0.1, 0.15) is 5.82 Å². The Labute approximate surface area is 125 Å². The predicted octanol–water partition coefficient (Wildman–Crippen LogP) is 1.25. The largest absolute Gasteiger partial charge is 0.365 e. The van der Waals surface area contributed by atoms with Crippen LogP contribution in [0.5, 0.6) is 0 Å². The number of hydrogen-bond acceptors (Lipinski definition) is 4. The summed E-state index contributed by atoms with van der Waals surface area (Å²) in [5.74, 6) is 0.425. The fourth-order valence-electron chi connectivity index (χ4n) is 3.54. The molecule has 1 aromatic heterocycles. The third-order valence-corrected chi connectivity index (χ3v) is 4.62. The summed E-state index contributed by atoms with van der Waals surface area (Å²) in [4.78, 5) is 18.9. The van der Waals surface area contributed by atoms with E-state index in [-0.39, 0.29) is 5.91 Å². The van der Waals surface area contributed by atoms with Gasteiger partial charge in [-0.15, -0.1) is 0 Å². The zero-order valence-electron chi connectivity index (χ0n) is 12.7. The lowest BCUT2D eigenvalue weighted by Gasteiger charge is -2.35. The molecule has 3 N–H and O–H groups in total. The van der Waals surface area contributed by atoms with Gasteiger partial charge in [0.05, 0.1) is 5.56 Å². The molecule has 0 radical (unpaired) electrons. The van der Waals surface area contributed by atoms with Crippen molar-refractivity contribution in [2.75, 3.05) is 24.5 Å². The minimum Gasteiger partial charge on any atom is -0.365 e. The van der Waals surface area contributed by atoms with Gasteiger partial charge >= 0.3 is 0 Å². The van der Waals surface area contributed by atoms with Crippen molar-refractivity contribution in [3.8, 4) is 0 Å². The van der Waals surface area contributed by atoms with E-state index in [0.717, 1.165) is 63.3 Å². The number of pyridine rings is 1. The second-order valence-corrected chi connectivity index (χ2v) is 5.97. The van der Waals surface area contributed by atoms with Crippen LogP contribution >= 0.6 is 0 Å². The third-order valence-electron chi connectivity index (χ3n) is 4.62. The lowest BCUT2D eigenvalue weighted by atomic mass is 10.0. The standard InChI is InChI=1S/C16H24N4O/c1-2-20(12-6-4-8-18-10-12)16-13(15(17)21)9-11-5-3-7-14(11)19-16/h9,12,18H,2-8,10H2,1H3,(H2,17,21). The van der Waals surface area contributed by atoms with E-state index in [1.165, 1.54) is 5.56 Å². The van der Waals surface area contributed by atoms with Gasteiger partial charge in [-0.05, 0) is 57.2 Å². The Bertz CT molecular complexity index is 537. The molecule has 0 aromatic carbocycles. The molecule has 1 aliphatic heterocycles. The average molecular weight is 288 g/mol. The second-order valence-electron chi connectivity index (χ2n) is 5.97. The molecule has 1 atom stereocenters. The normalized spacial score (nSPS) is 21.1. The highest BCUT2D eigenvalue weighted by Gasteiger charge is 2.27. The number of rotatable bonds is 4. The first-order valence-corrected chi connectivity index (χ1v) is 8.00. The molecular weight excluding hydrogens is 264 g/mol. The van der Waals surface area contributed by atoms with Crippen LogP contribution in [-0.4, -0.2) is 36.6 Å². The number of fused-ring (bicyclic) bond motifs is 1. The number of aromatic nitrogens is 1. The van der Waals surface area contributed by atoms with Crippen molar-refractivity contribution in [1.82, 2.24) is 10.3 Å². The minimum atomic E-state index is -0.366. The minimum absolute atomic E-state index is 0.366. The molecule has 2 heterocycles. The van der Waals surface area contributed by atoms with E-state index in [0.29, 0.717) is 11.6 Å². The first kappa shape index (κ1) is 14.3. The summed E-state index contributed by atoms with van der Waals surface area (Å²) in [6.07, 6.45) is 5.46. The van der Waals surface area contributed by atoms with Crippen molar-refractivity contribution >= 4 is 11.7 Å². The van der Waals surface area contributed by atoms with Crippen LogP contribution in [0.2, 0.25) is 0 Å². The molecule has 1 fully saturated rings. The monoisotopic (exact) mass is 288 g/mol. The molecule has 3 rings (SSSR count). The molecular formula is C16H24N4O. The Morgan fingerprint density at radius 2 is 2.33 bits per heavy atom. The van der Waals surface area contributed by atoms with Gasteiger partial charge in [0.15, 0.2) is 0 Å². The molecule has 0 bridgehead atoms. The molecule has 1 unspecified atom stereocenters. The van der Waals surface area contributed by atoms with E-state index in [9.17, 15) is 4.79 Å². The number of anilines is 1. The van der Waals surface area contributed by atoms with E-state index in [1.54, 1.807) is 0 Å². The topological polar surface area (TPSA) is 71.2 Å². The summed E-state index contributed by atoms with van der Waals surface area (Å²) in [5.41, 5.74) is 8.55. The number of piperidine rings is 1. The van der Waals surface area contributed by atoms with Gasteiger partial charge in [-0.2, -0.15) is 0 Å². The lowest BCUT2D eigenvalue weighted by molar-refractivity contribution is 0.1000. The number of primary amides is 1. The zero-order chi connectivity index (χ0) is 14.8. The first-order valence-electron chi connectivity index (χ1n) is 8.00. The number of nitrogens with one attached hydrogen (secondary N) is 1. The molecule has 1 aromatic rings. The molecule has 114 valence electrons. The van der Waals surface area contributed by atoms with Gasteiger partial charge < -0.3 is 16.0 Å².